The molecule has 34 heavy (non-hydrogen) atoms. The Morgan fingerprint density at radius 1 is 1.09 bits per heavy atom. The molecule has 0 atom stereocenters. The number of pyridine rings is 3. The van der Waals surface area contributed by atoms with Crippen LogP contribution in [0.5, 0.6) is 11.6 Å². The molecule has 3 aromatic rings. The number of nitriles is 1. The number of anilines is 1. The van der Waals surface area contributed by atoms with Crippen LogP contribution in [-0.2, 0) is 10.0 Å². The third-order valence-corrected chi connectivity index (χ3v) is 8.16. The molecule has 0 radical (unpaired) electrons. The Balaban J connectivity index is 1.55. The monoisotopic (exact) mass is 475 g/mol. The maximum Gasteiger partial charge on any atom is 0.244 e. The van der Waals surface area contributed by atoms with E-state index in [0.29, 0.717) is 41.3 Å². The van der Waals surface area contributed by atoms with Gasteiger partial charge in [-0.05, 0) is 69.4 Å². The molecule has 1 N–H and O–H groups in total. The second kappa shape index (κ2) is 8.69. The highest BCUT2D eigenvalue weighted by atomic mass is 32.2. The number of nitrogens with one attached hydrogen (secondary N) is 1. The van der Waals surface area contributed by atoms with E-state index in [1.54, 1.807) is 24.4 Å². The number of aromatic nitrogens is 3. The second-order valence-electron chi connectivity index (χ2n) is 8.98. The minimum absolute atomic E-state index is 0.134. The smallest absolute Gasteiger partial charge is 0.244 e. The van der Waals surface area contributed by atoms with Gasteiger partial charge in [0.1, 0.15) is 11.8 Å². The summed E-state index contributed by atoms with van der Waals surface area (Å²) in [6, 6.07) is 9.12. The lowest BCUT2D eigenvalue weighted by Crippen LogP contribution is -2.33. The van der Waals surface area contributed by atoms with Gasteiger partial charge in [-0.25, -0.2) is 13.4 Å². The number of rotatable bonds is 7. The summed E-state index contributed by atoms with van der Waals surface area (Å²) < 4.78 is 34.6. The first-order valence-corrected chi connectivity index (χ1v) is 12.9. The number of hydrogen-bond acceptors (Lipinski definition) is 7. The maximum atomic E-state index is 12.8. The predicted octanol–water partition coefficient (Wildman–Crippen LogP) is 4.99. The fraction of sp³-hybridized carbons (Fsp3) is 0.360. The van der Waals surface area contributed by atoms with E-state index in [9.17, 15) is 13.7 Å². The van der Waals surface area contributed by atoms with Gasteiger partial charge in [0.25, 0.3) is 0 Å². The van der Waals surface area contributed by atoms with Gasteiger partial charge in [0.2, 0.25) is 15.9 Å². The molecule has 2 aliphatic rings. The van der Waals surface area contributed by atoms with Crippen molar-refractivity contribution < 1.29 is 13.2 Å². The summed E-state index contributed by atoms with van der Waals surface area (Å²) in [6.45, 7) is 3.84. The minimum atomic E-state index is -3.55. The van der Waals surface area contributed by atoms with Crippen molar-refractivity contribution in [2.45, 2.75) is 57.1 Å². The van der Waals surface area contributed by atoms with Gasteiger partial charge in [-0.15, -0.1) is 0 Å². The lowest BCUT2D eigenvalue weighted by atomic mass is 10.0. The highest BCUT2D eigenvalue weighted by molar-refractivity contribution is 7.93. The van der Waals surface area contributed by atoms with Crippen LogP contribution < -0.4 is 9.46 Å². The van der Waals surface area contributed by atoms with E-state index in [1.165, 1.54) is 6.20 Å². The number of sulfonamides is 1. The van der Waals surface area contributed by atoms with Gasteiger partial charge in [-0.3, -0.25) is 14.7 Å². The summed E-state index contributed by atoms with van der Waals surface area (Å²) >= 11 is 0. The first kappa shape index (κ1) is 22.3. The Morgan fingerprint density at radius 2 is 1.88 bits per heavy atom. The number of aryl methyl sites for hydroxylation is 2. The molecule has 3 aromatic heterocycles. The summed E-state index contributed by atoms with van der Waals surface area (Å²) in [4.78, 5) is 13.4. The molecule has 0 amide bonds. The highest BCUT2D eigenvalue weighted by Crippen LogP contribution is 2.42. The van der Waals surface area contributed by atoms with Crippen molar-refractivity contribution in [1.82, 2.24) is 15.0 Å². The van der Waals surface area contributed by atoms with Crippen molar-refractivity contribution >= 4 is 15.7 Å². The van der Waals surface area contributed by atoms with Gasteiger partial charge in [0.05, 0.1) is 22.2 Å². The van der Waals surface area contributed by atoms with Gasteiger partial charge in [-0.1, -0.05) is 6.42 Å². The zero-order valence-electron chi connectivity index (χ0n) is 19.1. The third-order valence-electron chi connectivity index (χ3n) is 6.31. The summed E-state index contributed by atoms with van der Waals surface area (Å²) in [5, 5.41) is 8.82. The lowest BCUT2D eigenvalue weighted by molar-refractivity contribution is 0.454. The number of hydrogen-bond donors (Lipinski definition) is 1. The summed E-state index contributed by atoms with van der Waals surface area (Å²) in [7, 11) is -3.55. The number of nitrogens with zero attached hydrogens (tertiary/aromatic N) is 4. The van der Waals surface area contributed by atoms with E-state index >= 15 is 0 Å². The van der Waals surface area contributed by atoms with Crippen LogP contribution in [0.1, 0.15) is 60.5 Å². The molecule has 8 nitrogen and oxygen atoms in total. The van der Waals surface area contributed by atoms with Crippen LogP contribution in [0.4, 0.5) is 5.69 Å². The Hall–Kier alpha value is -3.51. The normalized spacial score (nSPS) is 15.9. The maximum absolute atomic E-state index is 12.8. The molecule has 2 aliphatic carbocycles. The first-order chi connectivity index (χ1) is 16.3. The predicted molar refractivity (Wildman–Crippen MR) is 128 cm³/mol. The molecular weight excluding hydrogens is 450 g/mol. The Kier molecular flexibility index (Phi) is 5.70. The van der Waals surface area contributed by atoms with Gasteiger partial charge in [0.15, 0.2) is 5.75 Å². The van der Waals surface area contributed by atoms with Crippen LogP contribution in [-0.4, -0.2) is 28.6 Å². The average molecular weight is 476 g/mol. The average Bonchev–Trinajstić information content (AvgIpc) is 3.61. The van der Waals surface area contributed by atoms with Crippen LogP contribution >= 0.6 is 0 Å². The van der Waals surface area contributed by atoms with Crippen molar-refractivity contribution in [3.63, 3.8) is 0 Å². The molecule has 0 spiro atoms. The molecule has 174 valence electrons. The van der Waals surface area contributed by atoms with Crippen molar-refractivity contribution in [3.8, 4) is 29.0 Å². The topological polar surface area (TPSA) is 118 Å². The SMILES string of the molecule is Cc1cc(C2CC2)nc(C)c1Oc1nc(-c2cncc(C#N)c2)ccc1NS(=O)(=O)C1CCC1. The molecule has 2 fully saturated rings. The van der Waals surface area contributed by atoms with Gasteiger partial charge in [0, 0.05) is 29.6 Å². The molecular formula is C25H25N5O3S. The molecule has 0 bridgehead atoms. The van der Waals surface area contributed by atoms with Crippen LogP contribution in [0.25, 0.3) is 11.3 Å². The van der Waals surface area contributed by atoms with Crippen molar-refractivity contribution in [2.75, 3.05) is 4.72 Å². The second-order valence-corrected chi connectivity index (χ2v) is 10.9. The van der Waals surface area contributed by atoms with E-state index in [0.717, 1.165) is 36.2 Å². The van der Waals surface area contributed by atoms with E-state index < -0.39 is 15.3 Å². The molecule has 0 aliphatic heterocycles. The van der Waals surface area contributed by atoms with Gasteiger partial charge < -0.3 is 4.74 Å². The quantitative estimate of drug-likeness (QED) is 0.511. The highest BCUT2D eigenvalue weighted by Gasteiger charge is 2.32. The molecule has 0 unspecified atom stereocenters. The molecule has 0 aromatic carbocycles. The lowest BCUT2D eigenvalue weighted by Gasteiger charge is -2.26. The van der Waals surface area contributed by atoms with E-state index in [2.05, 4.69) is 20.8 Å². The molecule has 0 saturated heterocycles. The van der Waals surface area contributed by atoms with Crippen LogP contribution in [0.2, 0.25) is 0 Å². The molecule has 5 rings (SSSR count). The Morgan fingerprint density at radius 3 is 2.53 bits per heavy atom. The van der Waals surface area contributed by atoms with Crippen LogP contribution in [0.15, 0.2) is 36.7 Å². The van der Waals surface area contributed by atoms with Gasteiger partial charge in [-0.2, -0.15) is 5.26 Å². The van der Waals surface area contributed by atoms with E-state index in [4.69, 9.17) is 9.72 Å². The van der Waals surface area contributed by atoms with E-state index in [-0.39, 0.29) is 11.6 Å². The fourth-order valence-corrected chi connectivity index (χ4v) is 5.59. The van der Waals surface area contributed by atoms with Crippen LogP contribution in [0, 0.1) is 25.2 Å². The summed E-state index contributed by atoms with van der Waals surface area (Å²) in [6.07, 6.45) is 7.58. The van der Waals surface area contributed by atoms with Gasteiger partial charge >= 0.3 is 0 Å². The fourth-order valence-electron chi connectivity index (χ4n) is 4.00. The first-order valence-electron chi connectivity index (χ1n) is 11.4. The zero-order chi connectivity index (χ0) is 23.9. The van der Waals surface area contributed by atoms with Crippen molar-refractivity contribution in [1.29, 1.82) is 5.26 Å². The standard InChI is InChI=1S/C25H25N5O3S/c1-15-10-23(18-6-7-18)28-16(2)24(15)33-25-22(30-34(31,32)20-4-3-5-20)9-8-21(29-25)19-11-17(12-26)13-27-14-19/h8-11,13-14,18,20,30H,3-7H2,1-2H3. The molecule has 9 heteroatoms. The number of ether oxygens (including phenoxy) is 1. The van der Waals surface area contributed by atoms with Crippen LogP contribution in [0.3, 0.4) is 0 Å². The zero-order valence-corrected chi connectivity index (χ0v) is 19.9. The van der Waals surface area contributed by atoms with Crippen molar-refractivity contribution in [2.24, 2.45) is 0 Å². The van der Waals surface area contributed by atoms with E-state index in [1.807, 2.05) is 19.9 Å². The Bertz CT molecular complexity index is 1380. The molecule has 3 heterocycles. The third kappa shape index (κ3) is 4.46. The molecule has 2 saturated carbocycles. The minimum Gasteiger partial charge on any atom is -0.435 e. The Labute approximate surface area is 199 Å². The summed E-state index contributed by atoms with van der Waals surface area (Å²) in [5.74, 6) is 1.20. The summed E-state index contributed by atoms with van der Waals surface area (Å²) in [5.41, 5.74) is 4.54. The largest absolute Gasteiger partial charge is 0.435 e. The van der Waals surface area contributed by atoms with Crippen molar-refractivity contribution in [3.05, 3.63) is 59.2 Å².